The van der Waals surface area contributed by atoms with Crippen molar-refractivity contribution in [2.45, 2.75) is 6.42 Å². The van der Waals surface area contributed by atoms with E-state index >= 15 is 0 Å². The number of aromatic nitrogens is 1. The molecule has 0 saturated carbocycles. The van der Waals surface area contributed by atoms with Crippen molar-refractivity contribution in [1.29, 1.82) is 0 Å². The minimum absolute atomic E-state index is 0.654. The highest BCUT2D eigenvalue weighted by Crippen LogP contribution is 2.33. The number of hydrogen-bond acceptors (Lipinski definition) is 3. The van der Waals surface area contributed by atoms with Crippen molar-refractivity contribution in [3.8, 4) is 17.0 Å². The number of benzene rings is 1. The number of fused-ring (bicyclic) bond motifs is 3. The molecule has 3 nitrogen and oxygen atoms in total. The van der Waals surface area contributed by atoms with Crippen molar-refractivity contribution in [3.63, 3.8) is 0 Å². The van der Waals surface area contributed by atoms with Gasteiger partial charge in [-0.05, 0) is 12.1 Å². The number of para-hydroxylation sites is 1. The predicted octanol–water partition coefficient (Wildman–Crippen LogP) is 2.08. The zero-order chi connectivity index (χ0) is 9.38. The lowest BCUT2D eigenvalue weighted by atomic mass is 10.1. The Hall–Kier alpha value is -1.77. The fourth-order valence-corrected chi connectivity index (χ4v) is 1.66. The first-order valence-corrected chi connectivity index (χ1v) is 4.53. The molecular weight excluding hydrogens is 178 g/mol. The van der Waals surface area contributed by atoms with Crippen LogP contribution in [-0.2, 0) is 6.42 Å². The van der Waals surface area contributed by atoms with Crippen LogP contribution < -0.4 is 4.74 Å². The third kappa shape index (κ3) is 1.02. The van der Waals surface area contributed by atoms with E-state index in [0.717, 1.165) is 29.0 Å². The van der Waals surface area contributed by atoms with Gasteiger partial charge in [0.05, 0.1) is 6.61 Å². The van der Waals surface area contributed by atoms with Crippen LogP contribution in [0.25, 0.3) is 11.3 Å². The molecule has 69 valence electrons. The zero-order valence-corrected chi connectivity index (χ0v) is 7.49. The topological polar surface area (TPSA) is 35.3 Å². The smallest absolute Gasteiger partial charge is 0.209 e. The summed E-state index contributed by atoms with van der Waals surface area (Å²) in [6.07, 6.45) is 3.57. The van der Waals surface area contributed by atoms with E-state index in [1.54, 1.807) is 0 Å². The Morgan fingerprint density at radius 1 is 1.29 bits per heavy atom. The van der Waals surface area contributed by atoms with Crippen LogP contribution in [0.15, 0.2) is 28.8 Å². The molecule has 0 N–H and O–H groups in total. The Labute approximate surface area is 81.3 Å². The summed E-state index contributed by atoms with van der Waals surface area (Å²) in [6.45, 7) is 0.654. The van der Waals surface area contributed by atoms with E-state index < -0.39 is 0 Å². The highest BCUT2D eigenvalue weighted by molar-refractivity contribution is 5.69. The maximum Gasteiger partial charge on any atom is 0.209 e. The van der Waals surface area contributed by atoms with Gasteiger partial charge in [0, 0.05) is 17.5 Å². The molecule has 0 unspecified atom stereocenters. The first kappa shape index (κ1) is 7.62. The summed E-state index contributed by atoms with van der Waals surface area (Å²) in [6, 6.07) is 7.84. The SMILES string of the molecule is [c]1onc2c1CCOc1ccccc1-2. The van der Waals surface area contributed by atoms with Gasteiger partial charge in [-0.2, -0.15) is 0 Å². The van der Waals surface area contributed by atoms with E-state index in [1.165, 1.54) is 0 Å². The van der Waals surface area contributed by atoms with Gasteiger partial charge in [-0.25, -0.2) is 0 Å². The zero-order valence-electron chi connectivity index (χ0n) is 7.49. The molecule has 0 atom stereocenters. The molecule has 0 bridgehead atoms. The predicted molar refractivity (Wildman–Crippen MR) is 50.0 cm³/mol. The molecule has 0 aliphatic carbocycles. The van der Waals surface area contributed by atoms with Gasteiger partial charge in [0.25, 0.3) is 0 Å². The molecule has 0 spiro atoms. The second-order valence-corrected chi connectivity index (χ2v) is 3.21. The number of hydrogen-bond donors (Lipinski definition) is 0. The summed E-state index contributed by atoms with van der Waals surface area (Å²) < 4.78 is 10.4. The molecule has 1 aromatic heterocycles. The van der Waals surface area contributed by atoms with Gasteiger partial charge in [-0.1, -0.05) is 17.3 Å². The molecule has 3 heteroatoms. The van der Waals surface area contributed by atoms with Crippen molar-refractivity contribution < 1.29 is 9.26 Å². The molecule has 2 heterocycles. The van der Waals surface area contributed by atoms with Crippen LogP contribution in [0.4, 0.5) is 0 Å². The number of ether oxygens (including phenoxy) is 1. The largest absolute Gasteiger partial charge is 0.493 e. The maximum absolute atomic E-state index is 5.59. The lowest BCUT2D eigenvalue weighted by Gasteiger charge is -2.04. The monoisotopic (exact) mass is 186 g/mol. The van der Waals surface area contributed by atoms with Gasteiger partial charge < -0.3 is 9.26 Å². The normalized spacial score (nSPS) is 13.7. The van der Waals surface area contributed by atoms with Crippen LogP contribution >= 0.6 is 0 Å². The van der Waals surface area contributed by atoms with Crippen LogP contribution in [0.2, 0.25) is 0 Å². The quantitative estimate of drug-likeness (QED) is 0.631. The average Bonchev–Trinajstić information content (AvgIpc) is 2.61. The minimum Gasteiger partial charge on any atom is -0.493 e. The van der Waals surface area contributed by atoms with E-state index in [9.17, 15) is 0 Å². The molecule has 1 aliphatic rings. The van der Waals surface area contributed by atoms with Gasteiger partial charge in [0.15, 0.2) is 0 Å². The highest BCUT2D eigenvalue weighted by atomic mass is 16.5. The highest BCUT2D eigenvalue weighted by Gasteiger charge is 2.18. The summed E-state index contributed by atoms with van der Waals surface area (Å²) in [5.41, 5.74) is 2.85. The summed E-state index contributed by atoms with van der Waals surface area (Å²) in [4.78, 5) is 0. The molecule has 3 rings (SSSR count). The van der Waals surface area contributed by atoms with E-state index in [4.69, 9.17) is 9.26 Å². The van der Waals surface area contributed by atoms with Crippen molar-refractivity contribution in [1.82, 2.24) is 5.16 Å². The second kappa shape index (κ2) is 2.87. The van der Waals surface area contributed by atoms with E-state index in [1.807, 2.05) is 24.3 Å². The van der Waals surface area contributed by atoms with Crippen molar-refractivity contribution in [2.24, 2.45) is 0 Å². The Balaban J connectivity index is 2.27. The van der Waals surface area contributed by atoms with Crippen LogP contribution in [0.1, 0.15) is 5.56 Å². The van der Waals surface area contributed by atoms with Gasteiger partial charge >= 0.3 is 0 Å². The molecule has 14 heavy (non-hydrogen) atoms. The fraction of sp³-hybridized carbons (Fsp3) is 0.182. The van der Waals surface area contributed by atoms with Crippen LogP contribution in [-0.4, -0.2) is 11.8 Å². The summed E-state index contributed by atoms with van der Waals surface area (Å²) >= 11 is 0. The fourth-order valence-electron chi connectivity index (χ4n) is 1.66. The van der Waals surface area contributed by atoms with Crippen molar-refractivity contribution in [3.05, 3.63) is 36.1 Å². The molecule has 1 aliphatic heterocycles. The minimum atomic E-state index is 0.654. The van der Waals surface area contributed by atoms with Crippen LogP contribution in [0.3, 0.4) is 0 Å². The van der Waals surface area contributed by atoms with Crippen molar-refractivity contribution in [2.75, 3.05) is 6.61 Å². The van der Waals surface area contributed by atoms with E-state index in [-0.39, 0.29) is 0 Å². The maximum atomic E-state index is 5.59. The Kier molecular flexibility index (Phi) is 1.56. The Morgan fingerprint density at radius 2 is 2.21 bits per heavy atom. The van der Waals surface area contributed by atoms with Crippen LogP contribution in [0, 0.1) is 6.26 Å². The third-order valence-electron chi connectivity index (χ3n) is 2.34. The van der Waals surface area contributed by atoms with Gasteiger partial charge in [-0.3, -0.25) is 0 Å². The number of nitrogens with zero attached hydrogens (tertiary/aromatic N) is 1. The summed E-state index contributed by atoms with van der Waals surface area (Å²) in [7, 11) is 0. The molecular formula is C11H8NO2. The first-order valence-electron chi connectivity index (χ1n) is 4.53. The lowest BCUT2D eigenvalue weighted by molar-refractivity contribution is 0.324. The average molecular weight is 186 g/mol. The molecule has 0 fully saturated rings. The Morgan fingerprint density at radius 3 is 3.21 bits per heavy atom. The van der Waals surface area contributed by atoms with Gasteiger partial charge in [-0.15, -0.1) is 0 Å². The number of rotatable bonds is 0. The van der Waals surface area contributed by atoms with Gasteiger partial charge in [0.2, 0.25) is 6.26 Å². The molecule has 1 aromatic carbocycles. The summed E-state index contributed by atoms with van der Waals surface area (Å²) in [5.74, 6) is 0.869. The molecule has 0 amide bonds. The molecule has 0 saturated heterocycles. The summed E-state index contributed by atoms with van der Waals surface area (Å²) in [5, 5.41) is 3.95. The first-order chi connectivity index (χ1) is 6.95. The molecule has 2 aromatic rings. The third-order valence-corrected chi connectivity index (χ3v) is 2.34. The van der Waals surface area contributed by atoms with Crippen molar-refractivity contribution >= 4 is 0 Å². The van der Waals surface area contributed by atoms with Crippen LogP contribution in [0.5, 0.6) is 5.75 Å². The standard InChI is InChI=1S/C11H8NO2/c1-2-4-10-9(3-1)11-8(5-6-13-10)7-14-12-11/h1-4H,5-6H2. The molecule has 1 radical (unpaired) electrons. The Bertz CT molecular complexity index is 462. The lowest BCUT2D eigenvalue weighted by Crippen LogP contribution is -1.97. The van der Waals surface area contributed by atoms with E-state index in [0.29, 0.717) is 6.61 Å². The second-order valence-electron chi connectivity index (χ2n) is 3.21. The van der Waals surface area contributed by atoms with E-state index in [2.05, 4.69) is 11.4 Å². The van der Waals surface area contributed by atoms with Gasteiger partial charge in [0.1, 0.15) is 11.4 Å².